The van der Waals surface area contributed by atoms with E-state index in [0.29, 0.717) is 6.54 Å². The zero-order valence-corrected chi connectivity index (χ0v) is 9.34. The number of hydrogen-bond acceptors (Lipinski definition) is 3. The van der Waals surface area contributed by atoms with E-state index >= 15 is 0 Å². The third-order valence-electron chi connectivity index (χ3n) is 1.70. The summed E-state index contributed by atoms with van der Waals surface area (Å²) in [5.74, 6) is 0. The van der Waals surface area contributed by atoms with E-state index < -0.39 is 16.1 Å². The lowest BCUT2D eigenvalue weighted by atomic mass is 10.3. The first-order valence-electron chi connectivity index (χ1n) is 4.51. The molecule has 0 aromatic rings. The lowest BCUT2D eigenvalue weighted by molar-refractivity contribution is 0.163. The van der Waals surface area contributed by atoms with Crippen LogP contribution in [0.15, 0.2) is 0 Å². The van der Waals surface area contributed by atoms with Crippen molar-refractivity contribution in [1.29, 1.82) is 0 Å². The first kappa shape index (κ1) is 12.9. The summed E-state index contributed by atoms with van der Waals surface area (Å²) < 4.78 is 23.7. The van der Waals surface area contributed by atoms with Crippen LogP contribution in [-0.4, -0.2) is 43.3 Å². The van der Waals surface area contributed by atoms with Crippen molar-refractivity contribution in [2.24, 2.45) is 0 Å². The highest BCUT2D eigenvalue weighted by molar-refractivity contribution is 7.88. The Bertz CT molecular complexity index is 224. The smallest absolute Gasteiger partial charge is 0.211 e. The van der Waals surface area contributed by atoms with Crippen LogP contribution < -0.4 is 0 Å². The molecule has 0 aromatic heterocycles. The van der Waals surface area contributed by atoms with Gasteiger partial charge in [-0.05, 0) is 13.3 Å². The van der Waals surface area contributed by atoms with E-state index in [4.69, 9.17) is 5.11 Å². The Morgan fingerprint density at radius 1 is 1.46 bits per heavy atom. The van der Waals surface area contributed by atoms with E-state index in [2.05, 4.69) is 0 Å². The minimum Gasteiger partial charge on any atom is -0.392 e. The first-order chi connectivity index (χ1) is 5.88. The van der Waals surface area contributed by atoms with E-state index in [-0.39, 0.29) is 6.54 Å². The number of aliphatic hydroxyl groups is 1. The van der Waals surface area contributed by atoms with Gasteiger partial charge in [0.25, 0.3) is 0 Å². The van der Waals surface area contributed by atoms with Crippen molar-refractivity contribution in [3.05, 3.63) is 0 Å². The fourth-order valence-corrected chi connectivity index (χ4v) is 1.97. The molecule has 1 unspecified atom stereocenters. The molecule has 0 amide bonds. The van der Waals surface area contributed by atoms with Gasteiger partial charge < -0.3 is 5.11 Å². The van der Waals surface area contributed by atoms with Crippen molar-refractivity contribution in [2.75, 3.05) is 19.3 Å². The molecule has 0 spiro atoms. The number of sulfonamides is 1. The molecule has 0 heterocycles. The molecule has 13 heavy (non-hydrogen) atoms. The first-order valence-corrected chi connectivity index (χ1v) is 6.36. The Morgan fingerprint density at radius 2 is 2.00 bits per heavy atom. The molecule has 0 aliphatic rings. The minimum atomic E-state index is -3.16. The van der Waals surface area contributed by atoms with Gasteiger partial charge in [-0.15, -0.1) is 0 Å². The van der Waals surface area contributed by atoms with Gasteiger partial charge >= 0.3 is 0 Å². The number of aliphatic hydroxyl groups excluding tert-OH is 1. The SMILES string of the molecule is CCCCN(CC(C)O)S(C)(=O)=O. The topological polar surface area (TPSA) is 57.6 Å². The normalized spacial score (nSPS) is 14.8. The van der Waals surface area contributed by atoms with Crippen LogP contribution >= 0.6 is 0 Å². The molecule has 0 saturated carbocycles. The highest BCUT2D eigenvalue weighted by atomic mass is 32.2. The van der Waals surface area contributed by atoms with Crippen LogP contribution in [-0.2, 0) is 10.0 Å². The van der Waals surface area contributed by atoms with Crippen molar-refractivity contribution < 1.29 is 13.5 Å². The second-order valence-electron chi connectivity index (χ2n) is 3.32. The van der Waals surface area contributed by atoms with Crippen LogP contribution in [0.3, 0.4) is 0 Å². The van der Waals surface area contributed by atoms with Gasteiger partial charge in [0.05, 0.1) is 12.4 Å². The molecular weight excluding hydrogens is 190 g/mol. The van der Waals surface area contributed by atoms with Crippen LogP contribution in [0.25, 0.3) is 0 Å². The van der Waals surface area contributed by atoms with E-state index in [9.17, 15) is 8.42 Å². The maximum atomic E-state index is 11.2. The van der Waals surface area contributed by atoms with Crippen LogP contribution in [0.2, 0.25) is 0 Å². The van der Waals surface area contributed by atoms with Gasteiger partial charge in [0.1, 0.15) is 0 Å². The van der Waals surface area contributed by atoms with Gasteiger partial charge in [-0.3, -0.25) is 0 Å². The Kier molecular flexibility index (Phi) is 5.51. The zero-order valence-electron chi connectivity index (χ0n) is 8.52. The third kappa shape index (κ3) is 6.01. The van der Waals surface area contributed by atoms with Gasteiger partial charge in [-0.1, -0.05) is 13.3 Å². The highest BCUT2D eigenvalue weighted by Crippen LogP contribution is 2.02. The summed E-state index contributed by atoms with van der Waals surface area (Å²) in [4.78, 5) is 0. The predicted octanol–water partition coefficient (Wildman–Crippen LogP) is 0.429. The zero-order chi connectivity index (χ0) is 10.5. The van der Waals surface area contributed by atoms with Crippen molar-refractivity contribution in [1.82, 2.24) is 4.31 Å². The minimum absolute atomic E-state index is 0.193. The molecule has 0 aliphatic heterocycles. The summed E-state index contributed by atoms with van der Waals surface area (Å²) in [7, 11) is -3.16. The molecule has 0 aliphatic carbocycles. The van der Waals surface area contributed by atoms with Crippen molar-refractivity contribution >= 4 is 10.0 Å². The second kappa shape index (κ2) is 5.57. The van der Waals surface area contributed by atoms with Crippen molar-refractivity contribution in [3.63, 3.8) is 0 Å². The van der Waals surface area contributed by atoms with Crippen LogP contribution in [0.1, 0.15) is 26.7 Å². The monoisotopic (exact) mass is 209 g/mol. The molecule has 1 N–H and O–H groups in total. The lowest BCUT2D eigenvalue weighted by Crippen LogP contribution is -2.36. The van der Waals surface area contributed by atoms with Gasteiger partial charge in [-0.2, -0.15) is 4.31 Å². The second-order valence-corrected chi connectivity index (χ2v) is 5.31. The van der Waals surface area contributed by atoms with Crippen LogP contribution in [0, 0.1) is 0 Å². The Morgan fingerprint density at radius 3 is 2.31 bits per heavy atom. The maximum absolute atomic E-state index is 11.2. The molecule has 0 aromatic carbocycles. The Balaban J connectivity index is 4.21. The number of hydrogen-bond donors (Lipinski definition) is 1. The summed E-state index contributed by atoms with van der Waals surface area (Å²) in [6.45, 7) is 4.28. The van der Waals surface area contributed by atoms with Gasteiger partial charge in [-0.25, -0.2) is 8.42 Å². The predicted molar refractivity (Wildman–Crippen MR) is 53.0 cm³/mol. The largest absolute Gasteiger partial charge is 0.392 e. The average Bonchev–Trinajstić information content (AvgIpc) is 1.95. The van der Waals surface area contributed by atoms with E-state index in [0.717, 1.165) is 12.8 Å². The average molecular weight is 209 g/mol. The third-order valence-corrected chi connectivity index (χ3v) is 2.97. The molecule has 0 fully saturated rings. The molecule has 0 radical (unpaired) electrons. The standard InChI is InChI=1S/C8H19NO3S/c1-4-5-6-9(7-8(2)10)13(3,11)12/h8,10H,4-7H2,1-3H3. The van der Waals surface area contributed by atoms with E-state index in [1.165, 1.54) is 10.6 Å². The Hall–Kier alpha value is -0.130. The summed E-state index contributed by atoms with van der Waals surface area (Å²) in [6, 6.07) is 0. The molecule has 1 atom stereocenters. The fraction of sp³-hybridized carbons (Fsp3) is 1.00. The molecule has 0 rings (SSSR count). The van der Waals surface area contributed by atoms with Crippen molar-refractivity contribution in [2.45, 2.75) is 32.8 Å². The summed E-state index contributed by atoms with van der Waals surface area (Å²) in [5.41, 5.74) is 0. The van der Waals surface area contributed by atoms with Crippen molar-refractivity contribution in [3.8, 4) is 0 Å². The summed E-state index contributed by atoms with van der Waals surface area (Å²) >= 11 is 0. The summed E-state index contributed by atoms with van der Waals surface area (Å²) in [6.07, 6.45) is 2.35. The number of rotatable bonds is 6. The molecule has 4 nitrogen and oxygen atoms in total. The number of unbranched alkanes of at least 4 members (excludes halogenated alkanes) is 1. The van der Waals surface area contributed by atoms with E-state index in [1.54, 1.807) is 6.92 Å². The molecule has 0 saturated heterocycles. The molecule has 80 valence electrons. The molecular formula is C8H19NO3S. The van der Waals surface area contributed by atoms with Gasteiger partial charge in [0, 0.05) is 13.1 Å². The van der Waals surface area contributed by atoms with E-state index in [1.807, 2.05) is 6.92 Å². The maximum Gasteiger partial charge on any atom is 0.211 e. The fourth-order valence-electron chi connectivity index (χ4n) is 1.02. The highest BCUT2D eigenvalue weighted by Gasteiger charge is 2.17. The number of nitrogens with zero attached hydrogens (tertiary/aromatic N) is 1. The van der Waals surface area contributed by atoms with Crippen LogP contribution in [0.5, 0.6) is 0 Å². The quantitative estimate of drug-likeness (QED) is 0.690. The molecule has 0 bridgehead atoms. The summed E-state index contributed by atoms with van der Waals surface area (Å²) in [5, 5.41) is 9.08. The Labute approximate surface area is 80.6 Å². The lowest BCUT2D eigenvalue weighted by Gasteiger charge is -2.20. The molecule has 5 heteroatoms. The van der Waals surface area contributed by atoms with Gasteiger partial charge in [0.2, 0.25) is 10.0 Å². The van der Waals surface area contributed by atoms with Gasteiger partial charge in [0.15, 0.2) is 0 Å². The van der Waals surface area contributed by atoms with Crippen LogP contribution in [0.4, 0.5) is 0 Å².